The van der Waals surface area contributed by atoms with Crippen LogP contribution in [0.4, 0.5) is 0 Å². The normalized spacial score (nSPS) is 10.9. The van der Waals surface area contributed by atoms with Gasteiger partial charge in [-0.1, -0.05) is 36.4 Å². The van der Waals surface area contributed by atoms with E-state index in [1.807, 2.05) is 49.4 Å². The average molecular weight is 370 g/mol. The highest BCUT2D eigenvalue weighted by atomic mass is 16.1. The summed E-state index contributed by atoms with van der Waals surface area (Å²) in [4.78, 5) is 24.1. The highest BCUT2D eigenvalue weighted by Crippen LogP contribution is 2.19. The molecule has 1 amide bonds. The molecule has 0 saturated heterocycles. The van der Waals surface area contributed by atoms with Crippen LogP contribution < -0.4 is 5.32 Å². The Morgan fingerprint density at radius 1 is 1.00 bits per heavy atom. The third-order valence-electron chi connectivity index (χ3n) is 4.81. The van der Waals surface area contributed by atoms with E-state index in [9.17, 15) is 4.79 Å². The number of nitrogens with zero attached hydrogens (tertiary/aromatic N) is 2. The number of aryl methyl sites for hydroxylation is 2. The first-order valence-electron chi connectivity index (χ1n) is 9.39. The van der Waals surface area contributed by atoms with Gasteiger partial charge in [-0.05, 0) is 47.4 Å². The zero-order chi connectivity index (χ0) is 19.3. The number of pyridine rings is 1. The Morgan fingerprint density at radius 2 is 1.75 bits per heavy atom. The Labute approximate surface area is 163 Å². The van der Waals surface area contributed by atoms with Crippen LogP contribution in [0.15, 0.2) is 67.0 Å². The van der Waals surface area contributed by atoms with Crippen molar-refractivity contribution in [1.82, 2.24) is 20.3 Å². The molecule has 0 atom stereocenters. The molecule has 2 aromatic heterocycles. The Bertz CT molecular complexity index is 1080. The van der Waals surface area contributed by atoms with E-state index >= 15 is 0 Å². The largest absolute Gasteiger partial charge is 0.352 e. The number of aromatic nitrogens is 3. The molecule has 5 nitrogen and oxygen atoms in total. The van der Waals surface area contributed by atoms with Crippen molar-refractivity contribution >= 4 is 16.9 Å². The molecule has 2 N–H and O–H groups in total. The Balaban J connectivity index is 1.30. The predicted octanol–water partition coefficient (Wildman–Crippen LogP) is 4.18. The zero-order valence-corrected chi connectivity index (χ0v) is 15.8. The van der Waals surface area contributed by atoms with Crippen molar-refractivity contribution in [3.63, 3.8) is 0 Å². The van der Waals surface area contributed by atoms with Crippen molar-refractivity contribution < 1.29 is 4.79 Å². The summed E-state index contributed by atoms with van der Waals surface area (Å²) in [6.07, 6.45) is 4.58. The fourth-order valence-corrected chi connectivity index (χ4v) is 3.23. The second-order valence-electron chi connectivity index (χ2n) is 6.86. The number of carbonyl (C=O) groups excluding carboxylic acids is 1. The lowest BCUT2D eigenvalue weighted by atomic mass is 10.1. The second-order valence-corrected chi connectivity index (χ2v) is 6.86. The Morgan fingerprint density at radius 3 is 2.50 bits per heavy atom. The van der Waals surface area contributed by atoms with E-state index < -0.39 is 0 Å². The smallest absolute Gasteiger partial charge is 0.220 e. The van der Waals surface area contributed by atoms with E-state index in [1.165, 1.54) is 0 Å². The summed E-state index contributed by atoms with van der Waals surface area (Å²) in [6, 6.07) is 18.2. The molecule has 0 aliphatic rings. The molecule has 0 unspecified atom stereocenters. The number of benzene rings is 2. The summed E-state index contributed by atoms with van der Waals surface area (Å²) in [6.45, 7) is 2.56. The number of imidazole rings is 1. The topological polar surface area (TPSA) is 70.7 Å². The summed E-state index contributed by atoms with van der Waals surface area (Å²) in [7, 11) is 0. The lowest BCUT2D eigenvalue weighted by Gasteiger charge is -2.06. The average Bonchev–Trinajstić information content (AvgIpc) is 3.16. The number of hydrogen-bond donors (Lipinski definition) is 2. The van der Waals surface area contributed by atoms with Crippen LogP contribution in [-0.2, 0) is 17.8 Å². The summed E-state index contributed by atoms with van der Waals surface area (Å²) in [5, 5.41) is 2.98. The minimum Gasteiger partial charge on any atom is -0.352 e. The van der Waals surface area contributed by atoms with Crippen LogP contribution in [0.2, 0.25) is 0 Å². The van der Waals surface area contributed by atoms with Gasteiger partial charge in [0.15, 0.2) is 0 Å². The van der Waals surface area contributed by atoms with Crippen molar-refractivity contribution in [2.75, 3.05) is 0 Å². The molecule has 2 aromatic carbocycles. The Kier molecular flexibility index (Phi) is 5.15. The minimum absolute atomic E-state index is 0.0235. The summed E-state index contributed by atoms with van der Waals surface area (Å²) in [5.74, 6) is 0.872. The van der Waals surface area contributed by atoms with E-state index in [-0.39, 0.29) is 5.91 Å². The molecular formula is C23H22N4O. The van der Waals surface area contributed by atoms with Crippen LogP contribution in [-0.4, -0.2) is 20.9 Å². The molecule has 28 heavy (non-hydrogen) atoms. The number of rotatable bonds is 6. The number of nitrogens with one attached hydrogen (secondary N) is 2. The first-order chi connectivity index (χ1) is 13.7. The molecule has 0 aliphatic carbocycles. The number of aromatic amines is 1. The first-order valence-corrected chi connectivity index (χ1v) is 9.39. The second kappa shape index (κ2) is 8.05. The van der Waals surface area contributed by atoms with Crippen LogP contribution in [0.3, 0.4) is 0 Å². The van der Waals surface area contributed by atoms with Gasteiger partial charge in [0.05, 0.1) is 11.0 Å². The third-order valence-corrected chi connectivity index (χ3v) is 4.81. The van der Waals surface area contributed by atoms with Gasteiger partial charge in [-0.15, -0.1) is 0 Å². The van der Waals surface area contributed by atoms with Gasteiger partial charge in [0.25, 0.3) is 0 Å². The van der Waals surface area contributed by atoms with E-state index in [0.717, 1.165) is 39.1 Å². The lowest BCUT2D eigenvalue weighted by Crippen LogP contribution is -2.23. The standard InChI is InChI=1S/C23H22N4O/c1-16-3-2-4-20-23(16)27-21(26-20)9-10-22(28)25-15-17-5-7-18(8-6-17)19-11-13-24-14-12-19/h2-8,11-14H,9-10,15H2,1H3,(H,25,28)(H,26,27). The predicted molar refractivity (Wildman–Crippen MR) is 111 cm³/mol. The number of amides is 1. The van der Waals surface area contributed by atoms with Crippen LogP contribution in [0.25, 0.3) is 22.2 Å². The molecule has 0 radical (unpaired) electrons. The summed E-state index contributed by atoms with van der Waals surface area (Å²) in [5.41, 5.74) is 6.48. The fourth-order valence-electron chi connectivity index (χ4n) is 3.23. The molecular weight excluding hydrogens is 348 g/mol. The maximum Gasteiger partial charge on any atom is 0.220 e. The molecule has 0 aliphatic heterocycles. The quantitative estimate of drug-likeness (QED) is 0.535. The van der Waals surface area contributed by atoms with Crippen LogP contribution in [0, 0.1) is 6.92 Å². The molecule has 4 aromatic rings. The summed E-state index contributed by atoms with van der Waals surface area (Å²) < 4.78 is 0. The lowest BCUT2D eigenvalue weighted by molar-refractivity contribution is -0.121. The van der Waals surface area contributed by atoms with Gasteiger partial charge in [-0.2, -0.15) is 0 Å². The number of hydrogen-bond acceptors (Lipinski definition) is 3. The molecule has 0 bridgehead atoms. The molecule has 5 heteroatoms. The molecule has 0 spiro atoms. The van der Waals surface area contributed by atoms with Crippen molar-refractivity contribution in [3.8, 4) is 11.1 Å². The van der Waals surface area contributed by atoms with Gasteiger partial charge in [0.2, 0.25) is 5.91 Å². The maximum atomic E-state index is 12.2. The van der Waals surface area contributed by atoms with E-state index in [0.29, 0.717) is 19.4 Å². The zero-order valence-electron chi connectivity index (χ0n) is 15.8. The SMILES string of the molecule is Cc1cccc2[nH]c(CCC(=O)NCc3ccc(-c4ccncc4)cc3)nc12. The maximum absolute atomic E-state index is 12.2. The fraction of sp³-hybridized carbons (Fsp3) is 0.174. The van der Waals surface area contributed by atoms with E-state index in [1.54, 1.807) is 12.4 Å². The van der Waals surface area contributed by atoms with Crippen molar-refractivity contribution in [3.05, 3.63) is 83.9 Å². The number of H-pyrrole nitrogens is 1. The number of fused-ring (bicyclic) bond motifs is 1. The monoisotopic (exact) mass is 370 g/mol. The van der Waals surface area contributed by atoms with Crippen molar-refractivity contribution in [1.29, 1.82) is 0 Å². The number of para-hydroxylation sites is 1. The van der Waals surface area contributed by atoms with Crippen LogP contribution in [0.1, 0.15) is 23.4 Å². The van der Waals surface area contributed by atoms with Crippen LogP contribution in [0.5, 0.6) is 0 Å². The highest BCUT2D eigenvalue weighted by Gasteiger charge is 2.08. The Hall–Kier alpha value is -3.47. The van der Waals surface area contributed by atoms with Gasteiger partial charge < -0.3 is 10.3 Å². The van der Waals surface area contributed by atoms with E-state index in [4.69, 9.17) is 0 Å². The summed E-state index contributed by atoms with van der Waals surface area (Å²) >= 11 is 0. The van der Waals surface area contributed by atoms with E-state index in [2.05, 4.69) is 32.4 Å². The van der Waals surface area contributed by atoms with Gasteiger partial charge in [0.1, 0.15) is 5.82 Å². The minimum atomic E-state index is 0.0235. The van der Waals surface area contributed by atoms with Crippen molar-refractivity contribution in [2.24, 2.45) is 0 Å². The molecule has 140 valence electrons. The molecule has 0 fully saturated rings. The highest BCUT2D eigenvalue weighted by molar-refractivity contribution is 5.79. The molecule has 2 heterocycles. The van der Waals surface area contributed by atoms with Gasteiger partial charge in [-0.3, -0.25) is 9.78 Å². The van der Waals surface area contributed by atoms with Gasteiger partial charge in [-0.25, -0.2) is 4.98 Å². The van der Waals surface area contributed by atoms with Crippen LogP contribution >= 0.6 is 0 Å². The van der Waals surface area contributed by atoms with Gasteiger partial charge in [0, 0.05) is 31.8 Å². The molecule has 4 rings (SSSR count). The van der Waals surface area contributed by atoms with Crippen molar-refractivity contribution in [2.45, 2.75) is 26.3 Å². The first kappa shape index (κ1) is 17.9. The number of carbonyl (C=O) groups is 1. The molecule has 0 saturated carbocycles. The van der Waals surface area contributed by atoms with Gasteiger partial charge >= 0.3 is 0 Å². The third kappa shape index (κ3) is 4.09.